The second kappa shape index (κ2) is 9.37. The number of carbonyl (C=O) groups excluding carboxylic acids is 1. The summed E-state index contributed by atoms with van der Waals surface area (Å²) in [7, 11) is 0. The van der Waals surface area contributed by atoms with E-state index in [1.54, 1.807) is 16.2 Å². The Bertz CT molecular complexity index is 454. The summed E-state index contributed by atoms with van der Waals surface area (Å²) in [5.41, 5.74) is 11.6. The summed E-state index contributed by atoms with van der Waals surface area (Å²) in [6.07, 6.45) is 4.69. The fourth-order valence-electron chi connectivity index (χ4n) is 3.01. The van der Waals surface area contributed by atoms with Crippen molar-refractivity contribution in [1.29, 1.82) is 0 Å². The number of nitrogens with zero attached hydrogens (tertiary/aromatic N) is 1. The lowest BCUT2D eigenvalue weighted by molar-refractivity contribution is -0.141. The number of hydrogen-bond donors (Lipinski definition) is 2. The number of carbonyl (C=O) groups is 1. The predicted octanol–water partition coefficient (Wildman–Crippen LogP) is 1.96. The highest BCUT2D eigenvalue weighted by Crippen LogP contribution is 2.25. The molecule has 0 spiro atoms. The van der Waals surface area contributed by atoms with Gasteiger partial charge in [-0.05, 0) is 43.0 Å². The van der Waals surface area contributed by atoms with Gasteiger partial charge in [0.05, 0.1) is 18.7 Å². The highest BCUT2D eigenvalue weighted by Gasteiger charge is 2.25. The highest BCUT2D eigenvalue weighted by molar-refractivity contribution is 7.09. The van der Waals surface area contributed by atoms with E-state index in [9.17, 15) is 4.79 Å². The zero-order valence-electron chi connectivity index (χ0n) is 13.9. The predicted molar refractivity (Wildman–Crippen MR) is 94.1 cm³/mol. The summed E-state index contributed by atoms with van der Waals surface area (Å²) >= 11 is 1.64. The molecule has 1 saturated carbocycles. The molecule has 0 radical (unpaired) electrons. The largest absolute Gasteiger partial charge is 0.368 e. The molecule has 0 atom stereocenters. The SMILES string of the molecule is CC1CCC(OCC(=O)N(Cc2cccs2)C(CN)CN)CC1. The molecule has 23 heavy (non-hydrogen) atoms. The van der Waals surface area contributed by atoms with Gasteiger partial charge in [0.25, 0.3) is 0 Å². The molecule has 0 aromatic carbocycles. The van der Waals surface area contributed by atoms with Gasteiger partial charge in [-0.3, -0.25) is 4.79 Å². The fraction of sp³-hybridized carbons (Fsp3) is 0.706. The first-order valence-electron chi connectivity index (χ1n) is 8.47. The molecule has 130 valence electrons. The molecule has 1 heterocycles. The topological polar surface area (TPSA) is 81.6 Å². The van der Waals surface area contributed by atoms with Crippen molar-refractivity contribution in [2.24, 2.45) is 17.4 Å². The number of hydrogen-bond acceptors (Lipinski definition) is 5. The van der Waals surface area contributed by atoms with Gasteiger partial charge in [0.2, 0.25) is 5.91 Å². The van der Waals surface area contributed by atoms with Crippen LogP contribution < -0.4 is 11.5 Å². The highest BCUT2D eigenvalue weighted by atomic mass is 32.1. The zero-order chi connectivity index (χ0) is 16.7. The van der Waals surface area contributed by atoms with E-state index >= 15 is 0 Å². The third kappa shape index (κ3) is 5.57. The molecule has 0 aliphatic heterocycles. The lowest BCUT2D eigenvalue weighted by atomic mass is 9.89. The first-order valence-corrected chi connectivity index (χ1v) is 9.35. The van der Waals surface area contributed by atoms with Crippen molar-refractivity contribution in [3.05, 3.63) is 22.4 Å². The Hall–Kier alpha value is -0.950. The molecule has 5 nitrogen and oxygen atoms in total. The van der Waals surface area contributed by atoms with Crippen molar-refractivity contribution < 1.29 is 9.53 Å². The van der Waals surface area contributed by atoms with Gasteiger partial charge in [0.15, 0.2) is 0 Å². The van der Waals surface area contributed by atoms with Gasteiger partial charge < -0.3 is 21.1 Å². The van der Waals surface area contributed by atoms with Crippen molar-refractivity contribution in [2.45, 2.75) is 51.3 Å². The number of amides is 1. The first-order chi connectivity index (χ1) is 11.1. The van der Waals surface area contributed by atoms with Gasteiger partial charge in [-0.1, -0.05) is 13.0 Å². The third-order valence-corrected chi connectivity index (χ3v) is 5.48. The second-order valence-electron chi connectivity index (χ2n) is 6.42. The van der Waals surface area contributed by atoms with Crippen LogP contribution in [-0.4, -0.2) is 42.6 Å². The Morgan fingerprint density at radius 2 is 2.04 bits per heavy atom. The van der Waals surface area contributed by atoms with Gasteiger partial charge in [0.1, 0.15) is 6.61 Å². The van der Waals surface area contributed by atoms with Gasteiger partial charge in [-0.2, -0.15) is 0 Å². The Balaban J connectivity index is 1.90. The van der Waals surface area contributed by atoms with Crippen molar-refractivity contribution in [3.63, 3.8) is 0 Å². The Labute approximate surface area is 143 Å². The minimum Gasteiger partial charge on any atom is -0.368 e. The van der Waals surface area contributed by atoms with Gasteiger partial charge in [-0.15, -0.1) is 11.3 Å². The fourth-order valence-corrected chi connectivity index (χ4v) is 3.71. The van der Waals surface area contributed by atoms with E-state index in [2.05, 4.69) is 6.92 Å². The van der Waals surface area contributed by atoms with Gasteiger partial charge >= 0.3 is 0 Å². The normalized spacial score (nSPS) is 21.6. The second-order valence-corrected chi connectivity index (χ2v) is 7.45. The Morgan fingerprint density at radius 3 is 2.61 bits per heavy atom. The smallest absolute Gasteiger partial charge is 0.249 e. The summed E-state index contributed by atoms with van der Waals surface area (Å²) < 4.78 is 5.86. The first kappa shape index (κ1) is 18.4. The lowest BCUT2D eigenvalue weighted by Gasteiger charge is -2.31. The van der Waals surface area contributed by atoms with Crippen LogP contribution in [0.15, 0.2) is 17.5 Å². The summed E-state index contributed by atoms with van der Waals surface area (Å²) in [6, 6.07) is 3.88. The van der Waals surface area contributed by atoms with Crippen LogP contribution in [0.4, 0.5) is 0 Å². The van der Waals surface area contributed by atoms with Crippen LogP contribution in [0.25, 0.3) is 0 Å². The van der Waals surface area contributed by atoms with E-state index < -0.39 is 0 Å². The molecular weight excluding hydrogens is 310 g/mol. The number of rotatable bonds is 8. The van der Waals surface area contributed by atoms with Crippen LogP contribution >= 0.6 is 11.3 Å². The molecule has 1 aromatic heterocycles. The molecule has 4 N–H and O–H groups in total. The summed E-state index contributed by atoms with van der Waals surface area (Å²) in [6.45, 7) is 3.70. The molecule has 1 amide bonds. The molecule has 0 unspecified atom stereocenters. The summed E-state index contributed by atoms with van der Waals surface area (Å²) in [4.78, 5) is 15.5. The van der Waals surface area contributed by atoms with E-state index in [1.807, 2.05) is 17.5 Å². The van der Waals surface area contributed by atoms with Crippen LogP contribution in [0, 0.1) is 5.92 Å². The third-order valence-electron chi connectivity index (χ3n) is 4.62. The molecule has 0 saturated heterocycles. The molecule has 1 aliphatic carbocycles. The maximum absolute atomic E-state index is 12.6. The lowest BCUT2D eigenvalue weighted by Crippen LogP contribution is -2.49. The van der Waals surface area contributed by atoms with Crippen molar-refractivity contribution in [2.75, 3.05) is 19.7 Å². The minimum atomic E-state index is -0.139. The maximum atomic E-state index is 12.6. The average Bonchev–Trinajstić information content (AvgIpc) is 3.07. The summed E-state index contributed by atoms with van der Waals surface area (Å²) in [5.74, 6) is 0.762. The van der Waals surface area contributed by atoms with Crippen molar-refractivity contribution >= 4 is 17.2 Å². The van der Waals surface area contributed by atoms with E-state index in [-0.39, 0.29) is 24.7 Å². The number of thiophene rings is 1. The van der Waals surface area contributed by atoms with Crippen molar-refractivity contribution in [3.8, 4) is 0 Å². The Kier molecular flexibility index (Phi) is 7.49. The van der Waals surface area contributed by atoms with E-state index in [1.165, 1.54) is 12.8 Å². The van der Waals surface area contributed by atoms with Crippen LogP contribution in [0.1, 0.15) is 37.5 Å². The molecule has 0 bridgehead atoms. The van der Waals surface area contributed by atoms with Gasteiger partial charge in [-0.25, -0.2) is 0 Å². The number of nitrogens with two attached hydrogens (primary N) is 2. The number of ether oxygens (including phenoxy) is 1. The Morgan fingerprint density at radius 1 is 1.35 bits per heavy atom. The maximum Gasteiger partial charge on any atom is 0.249 e. The van der Waals surface area contributed by atoms with Crippen LogP contribution in [0.5, 0.6) is 0 Å². The standard InChI is InChI=1S/C17H29N3O2S/c1-13-4-6-15(7-5-13)22-12-17(21)20(14(9-18)10-19)11-16-3-2-8-23-16/h2-3,8,13-15H,4-7,9-12,18-19H2,1H3. The quantitative estimate of drug-likeness (QED) is 0.758. The molecular formula is C17H29N3O2S. The molecule has 2 rings (SSSR count). The monoisotopic (exact) mass is 339 g/mol. The van der Waals surface area contributed by atoms with Gasteiger partial charge in [0, 0.05) is 18.0 Å². The molecule has 6 heteroatoms. The van der Waals surface area contributed by atoms with E-state index in [0.717, 1.165) is 23.6 Å². The van der Waals surface area contributed by atoms with Crippen molar-refractivity contribution in [1.82, 2.24) is 4.90 Å². The van der Waals surface area contributed by atoms with Crippen LogP contribution in [-0.2, 0) is 16.1 Å². The molecule has 1 aliphatic rings. The van der Waals surface area contributed by atoms with E-state index in [0.29, 0.717) is 19.6 Å². The molecule has 1 fully saturated rings. The average molecular weight is 340 g/mol. The van der Waals surface area contributed by atoms with E-state index in [4.69, 9.17) is 16.2 Å². The van der Waals surface area contributed by atoms with Crippen LogP contribution in [0.3, 0.4) is 0 Å². The molecule has 1 aromatic rings. The minimum absolute atomic E-state index is 0.0158. The van der Waals surface area contributed by atoms with Crippen LogP contribution in [0.2, 0.25) is 0 Å². The zero-order valence-corrected chi connectivity index (χ0v) is 14.8. The summed E-state index contributed by atoms with van der Waals surface area (Å²) in [5, 5.41) is 2.01.